The molecule has 0 unspecified atom stereocenters. The molecule has 0 radical (unpaired) electrons. The number of anilines is 1. The van der Waals surface area contributed by atoms with Crippen molar-refractivity contribution in [2.24, 2.45) is 0 Å². The van der Waals surface area contributed by atoms with Gasteiger partial charge in [-0.2, -0.15) is 4.31 Å². The van der Waals surface area contributed by atoms with Crippen LogP contribution in [0.15, 0.2) is 47.4 Å². The quantitative estimate of drug-likeness (QED) is 0.574. The van der Waals surface area contributed by atoms with E-state index in [9.17, 15) is 13.2 Å². The molecule has 1 aliphatic rings. The molecule has 6 nitrogen and oxygen atoms in total. The number of benzene rings is 2. The first-order chi connectivity index (χ1) is 14.8. The molecule has 0 aliphatic carbocycles. The summed E-state index contributed by atoms with van der Waals surface area (Å²) in [4.78, 5) is 12.9. The number of nitrogens with zero attached hydrogens (tertiary/aromatic N) is 1. The highest BCUT2D eigenvalue weighted by molar-refractivity contribution is 7.89. The van der Waals surface area contributed by atoms with Crippen molar-refractivity contribution in [1.29, 1.82) is 0 Å². The van der Waals surface area contributed by atoms with E-state index in [0.29, 0.717) is 41.0 Å². The normalized spacial score (nSPS) is 16.4. The maximum atomic E-state index is 12.9. The van der Waals surface area contributed by atoms with Crippen molar-refractivity contribution in [3.05, 3.63) is 52.5 Å². The fraction of sp³-hybridized carbons (Fsp3) is 0.409. The Morgan fingerprint density at radius 1 is 1.06 bits per heavy atom. The Labute approximate surface area is 193 Å². The zero-order valence-corrected chi connectivity index (χ0v) is 19.6. The van der Waals surface area contributed by atoms with Crippen LogP contribution in [-0.4, -0.2) is 37.8 Å². The Balaban J connectivity index is 1.68. The van der Waals surface area contributed by atoms with Crippen molar-refractivity contribution in [3.63, 3.8) is 0 Å². The second-order valence-corrected chi connectivity index (χ2v) is 10.2. The first kappa shape index (κ1) is 23.9. The topological polar surface area (TPSA) is 75.7 Å². The maximum absolute atomic E-state index is 12.9. The molecule has 1 amide bonds. The third kappa shape index (κ3) is 6.13. The molecule has 3 rings (SSSR count). The summed E-state index contributed by atoms with van der Waals surface area (Å²) in [5, 5.41) is 3.58. The van der Waals surface area contributed by atoms with Crippen molar-refractivity contribution in [3.8, 4) is 5.75 Å². The summed E-state index contributed by atoms with van der Waals surface area (Å²) in [6.45, 7) is 2.91. The molecule has 1 atom stereocenters. The third-order valence-corrected chi connectivity index (χ3v) is 7.61. The van der Waals surface area contributed by atoms with Crippen molar-refractivity contribution >= 4 is 44.8 Å². The molecule has 0 aromatic heterocycles. The van der Waals surface area contributed by atoms with E-state index in [4.69, 9.17) is 27.9 Å². The maximum Gasteiger partial charge on any atom is 0.265 e. The van der Waals surface area contributed by atoms with E-state index in [2.05, 4.69) is 5.32 Å². The monoisotopic (exact) mass is 484 g/mol. The number of carbonyl (C=O) groups excluding carboxylic acids is 1. The fourth-order valence-corrected chi connectivity index (χ4v) is 5.25. The Kier molecular flexibility index (Phi) is 8.22. The van der Waals surface area contributed by atoms with Crippen LogP contribution in [-0.2, 0) is 14.8 Å². The summed E-state index contributed by atoms with van der Waals surface area (Å²) in [7, 11) is -3.53. The van der Waals surface area contributed by atoms with E-state index in [-0.39, 0.29) is 10.8 Å². The number of nitrogens with one attached hydrogen (secondary N) is 1. The summed E-state index contributed by atoms with van der Waals surface area (Å²) < 4.78 is 33.1. The number of hydrogen-bond donors (Lipinski definition) is 1. The van der Waals surface area contributed by atoms with Gasteiger partial charge in [0.05, 0.1) is 9.92 Å². The Morgan fingerprint density at radius 2 is 1.71 bits per heavy atom. The van der Waals surface area contributed by atoms with Gasteiger partial charge in [0.1, 0.15) is 5.75 Å². The predicted octanol–water partition coefficient (Wildman–Crippen LogP) is 5.35. The lowest BCUT2D eigenvalue weighted by Gasteiger charge is -2.20. The molecule has 2 aromatic carbocycles. The van der Waals surface area contributed by atoms with Gasteiger partial charge in [-0.1, -0.05) is 43.0 Å². The molecule has 1 aliphatic heterocycles. The first-order valence-electron chi connectivity index (χ1n) is 10.3. The smallest absolute Gasteiger partial charge is 0.265 e. The summed E-state index contributed by atoms with van der Waals surface area (Å²) in [5.74, 6) is -0.0308. The number of sulfonamides is 1. The minimum atomic E-state index is -3.53. The van der Waals surface area contributed by atoms with Crippen LogP contribution in [0.4, 0.5) is 5.69 Å². The fourth-order valence-electron chi connectivity index (χ4n) is 3.41. The van der Waals surface area contributed by atoms with Gasteiger partial charge in [-0.15, -0.1) is 0 Å². The largest absolute Gasteiger partial charge is 0.479 e. The van der Waals surface area contributed by atoms with Crippen LogP contribution in [0.25, 0.3) is 0 Å². The molecular formula is C22H26Cl2N2O4S. The molecule has 1 saturated heterocycles. The van der Waals surface area contributed by atoms with Crippen molar-refractivity contribution in [1.82, 2.24) is 4.31 Å². The van der Waals surface area contributed by atoms with Crippen LogP contribution in [0.2, 0.25) is 10.0 Å². The third-order valence-electron chi connectivity index (χ3n) is 5.15. The molecule has 1 N–H and O–H groups in total. The summed E-state index contributed by atoms with van der Waals surface area (Å²) in [5.41, 5.74) is 0.485. The molecule has 2 aromatic rings. The lowest BCUT2D eigenvalue weighted by molar-refractivity contribution is -0.122. The Morgan fingerprint density at radius 3 is 2.32 bits per heavy atom. The van der Waals surface area contributed by atoms with Crippen molar-refractivity contribution < 1.29 is 17.9 Å². The second-order valence-electron chi connectivity index (χ2n) is 7.42. The van der Waals surface area contributed by atoms with Gasteiger partial charge in [0, 0.05) is 29.9 Å². The molecule has 168 valence electrons. The molecular weight excluding hydrogens is 459 g/mol. The van der Waals surface area contributed by atoms with E-state index in [1.54, 1.807) is 34.6 Å². The highest BCUT2D eigenvalue weighted by atomic mass is 35.5. The minimum absolute atomic E-state index is 0.224. The van der Waals surface area contributed by atoms with Gasteiger partial charge in [-0.05, 0) is 55.7 Å². The molecule has 0 spiro atoms. The minimum Gasteiger partial charge on any atom is -0.479 e. The standard InChI is InChI=1S/C22H26Cl2N2O4S/c1-2-20(30-21-15-16(23)7-12-19(21)24)22(27)25-17-8-10-18(11-9-17)31(28,29)26-13-5-3-4-6-14-26/h7-12,15,20H,2-6,13-14H2,1H3,(H,25,27)/t20-/m1/s1. The summed E-state index contributed by atoms with van der Waals surface area (Å²) in [6.07, 6.45) is 3.49. The molecule has 0 saturated carbocycles. The number of halogens is 2. The number of ether oxygens (including phenoxy) is 1. The molecule has 1 fully saturated rings. The Bertz CT molecular complexity index is 1000. The number of hydrogen-bond acceptors (Lipinski definition) is 4. The molecule has 9 heteroatoms. The van der Waals surface area contributed by atoms with Gasteiger partial charge in [-0.3, -0.25) is 4.79 Å². The average Bonchev–Trinajstić information content (AvgIpc) is 3.05. The zero-order valence-electron chi connectivity index (χ0n) is 17.3. The number of amides is 1. The van der Waals surface area contributed by atoms with Crippen LogP contribution >= 0.6 is 23.2 Å². The average molecular weight is 485 g/mol. The van der Waals surface area contributed by atoms with E-state index < -0.39 is 16.1 Å². The first-order valence-corrected chi connectivity index (χ1v) is 12.5. The van der Waals surface area contributed by atoms with Gasteiger partial charge in [0.2, 0.25) is 10.0 Å². The molecule has 0 bridgehead atoms. The molecule has 31 heavy (non-hydrogen) atoms. The van der Waals surface area contributed by atoms with Gasteiger partial charge in [0.15, 0.2) is 6.10 Å². The molecule has 1 heterocycles. The Hall–Kier alpha value is -1.80. The SMILES string of the molecule is CC[C@@H](Oc1cc(Cl)ccc1Cl)C(=O)Nc1ccc(S(=O)(=O)N2CCCCCC2)cc1. The summed E-state index contributed by atoms with van der Waals surface area (Å²) >= 11 is 12.1. The second kappa shape index (κ2) is 10.7. The number of rotatable bonds is 7. The van der Waals surface area contributed by atoms with Crippen LogP contribution in [0.3, 0.4) is 0 Å². The van der Waals surface area contributed by atoms with E-state index in [1.165, 1.54) is 12.1 Å². The zero-order chi connectivity index (χ0) is 22.4. The number of carbonyl (C=O) groups is 1. The van der Waals surface area contributed by atoms with E-state index in [1.807, 2.05) is 6.92 Å². The lowest BCUT2D eigenvalue weighted by atomic mass is 10.2. The highest BCUT2D eigenvalue weighted by Crippen LogP contribution is 2.29. The highest BCUT2D eigenvalue weighted by Gasteiger charge is 2.25. The summed E-state index contributed by atoms with van der Waals surface area (Å²) in [6, 6.07) is 11.0. The van der Waals surface area contributed by atoms with Gasteiger partial charge in [0.25, 0.3) is 5.91 Å². The van der Waals surface area contributed by atoms with Crippen LogP contribution < -0.4 is 10.1 Å². The van der Waals surface area contributed by atoms with Gasteiger partial charge >= 0.3 is 0 Å². The van der Waals surface area contributed by atoms with Crippen molar-refractivity contribution in [2.45, 2.75) is 50.0 Å². The van der Waals surface area contributed by atoms with E-state index >= 15 is 0 Å². The lowest BCUT2D eigenvalue weighted by Crippen LogP contribution is -2.33. The van der Waals surface area contributed by atoms with Crippen LogP contribution in [0, 0.1) is 0 Å². The van der Waals surface area contributed by atoms with Gasteiger partial charge in [-0.25, -0.2) is 8.42 Å². The van der Waals surface area contributed by atoms with Crippen molar-refractivity contribution in [2.75, 3.05) is 18.4 Å². The van der Waals surface area contributed by atoms with Crippen LogP contribution in [0.5, 0.6) is 5.75 Å². The van der Waals surface area contributed by atoms with E-state index in [0.717, 1.165) is 25.7 Å². The predicted molar refractivity (Wildman–Crippen MR) is 123 cm³/mol. The van der Waals surface area contributed by atoms with Crippen LogP contribution in [0.1, 0.15) is 39.0 Å². The van der Waals surface area contributed by atoms with Gasteiger partial charge < -0.3 is 10.1 Å².